The highest BCUT2D eigenvalue weighted by molar-refractivity contribution is 6.38. The first-order valence-electron chi connectivity index (χ1n) is 10.6. The number of nitrogens with zero attached hydrogens (tertiary/aromatic N) is 2. The third-order valence-electron chi connectivity index (χ3n) is 5.47. The van der Waals surface area contributed by atoms with Crippen molar-refractivity contribution in [1.29, 1.82) is 0 Å². The number of benzene rings is 3. The van der Waals surface area contributed by atoms with Crippen LogP contribution in [0.4, 0.5) is 5.95 Å². The fraction of sp³-hybridized carbons (Fsp3) is 0.154. The minimum absolute atomic E-state index is 0.0656. The lowest BCUT2D eigenvalue weighted by Crippen LogP contribution is -2.10. The number of hydrogen-bond donors (Lipinski definition) is 2. The molecule has 3 aromatic carbocycles. The van der Waals surface area contributed by atoms with Crippen molar-refractivity contribution in [2.75, 3.05) is 5.43 Å². The first-order chi connectivity index (χ1) is 15.8. The number of imidazole rings is 1. The van der Waals surface area contributed by atoms with Crippen LogP contribution in [0.25, 0.3) is 33.3 Å². The van der Waals surface area contributed by atoms with Crippen molar-refractivity contribution in [2.45, 2.75) is 26.2 Å². The number of fused-ring (bicyclic) bond motifs is 2. The lowest BCUT2D eigenvalue weighted by molar-refractivity contribution is 0.589. The van der Waals surface area contributed by atoms with Gasteiger partial charge in [0.05, 0.1) is 21.4 Å². The predicted molar refractivity (Wildman–Crippen MR) is 136 cm³/mol. The molecule has 0 fully saturated rings. The Morgan fingerprint density at radius 1 is 0.970 bits per heavy atom. The van der Waals surface area contributed by atoms with Crippen molar-refractivity contribution in [3.8, 4) is 11.3 Å². The number of hydrogen-bond acceptors (Lipinski definition) is 4. The second-order valence-electron chi connectivity index (χ2n) is 8.91. The van der Waals surface area contributed by atoms with E-state index >= 15 is 0 Å². The number of aromatic nitrogens is 2. The molecule has 5 rings (SSSR count). The number of rotatable bonds is 3. The van der Waals surface area contributed by atoms with Gasteiger partial charge in [-0.2, -0.15) is 5.10 Å². The number of para-hydroxylation sites is 2. The minimum Gasteiger partial charge on any atom is -0.454 e. The molecule has 0 atom stereocenters. The van der Waals surface area contributed by atoms with Gasteiger partial charge in [0.2, 0.25) is 5.95 Å². The molecule has 0 spiro atoms. The minimum atomic E-state index is 0.0656. The summed E-state index contributed by atoms with van der Waals surface area (Å²) in [6.07, 6.45) is 0. The van der Waals surface area contributed by atoms with E-state index in [1.807, 2.05) is 42.5 Å². The molecule has 0 aliphatic carbocycles. The monoisotopic (exact) mass is 476 g/mol. The van der Waals surface area contributed by atoms with Crippen LogP contribution in [-0.2, 0) is 5.41 Å². The van der Waals surface area contributed by atoms with Gasteiger partial charge in [0, 0.05) is 22.0 Å². The number of nitrogens with one attached hydrogen (secondary N) is 2. The third-order valence-corrected chi connectivity index (χ3v) is 5.97. The maximum absolute atomic E-state index is 6.49. The molecule has 0 amide bonds. The summed E-state index contributed by atoms with van der Waals surface area (Å²) in [5.41, 5.74) is 7.55. The fourth-order valence-electron chi connectivity index (χ4n) is 3.68. The number of halogens is 2. The Hall–Kier alpha value is -3.28. The molecule has 2 aromatic heterocycles. The van der Waals surface area contributed by atoms with E-state index in [1.54, 1.807) is 12.1 Å². The lowest BCUT2D eigenvalue weighted by Gasteiger charge is -2.19. The average Bonchev–Trinajstić information content (AvgIpc) is 3.20. The van der Waals surface area contributed by atoms with Crippen LogP contribution in [0.1, 0.15) is 26.3 Å². The summed E-state index contributed by atoms with van der Waals surface area (Å²) in [7, 11) is 0. The smallest absolute Gasteiger partial charge is 0.222 e. The molecule has 2 heterocycles. The van der Waals surface area contributed by atoms with Gasteiger partial charge < -0.3 is 9.40 Å². The van der Waals surface area contributed by atoms with Crippen molar-refractivity contribution in [1.82, 2.24) is 9.97 Å². The quantitative estimate of drug-likeness (QED) is 0.264. The van der Waals surface area contributed by atoms with Crippen molar-refractivity contribution < 1.29 is 4.42 Å². The van der Waals surface area contributed by atoms with E-state index in [2.05, 4.69) is 53.4 Å². The molecule has 0 unspecified atom stereocenters. The molecular formula is C26H22Cl2N4O. The Morgan fingerprint density at radius 3 is 2.45 bits per heavy atom. The molecule has 33 heavy (non-hydrogen) atoms. The molecule has 0 saturated heterocycles. The van der Waals surface area contributed by atoms with E-state index < -0.39 is 0 Å². The zero-order valence-corrected chi connectivity index (χ0v) is 19.9. The summed E-state index contributed by atoms with van der Waals surface area (Å²) < 4.78 is 6.20. The van der Waals surface area contributed by atoms with Crippen molar-refractivity contribution in [3.63, 3.8) is 0 Å². The number of aromatic amines is 1. The molecule has 0 bridgehead atoms. The van der Waals surface area contributed by atoms with Crippen molar-refractivity contribution in [2.24, 2.45) is 5.10 Å². The van der Waals surface area contributed by atoms with Crippen LogP contribution in [0.5, 0.6) is 0 Å². The maximum Gasteiger partial charge on any atom is 0.222 e. The topological polar surface area (TPSA) is 66.2 Å². The molecule has 0 aliphatic heterocycles. The summed E-state index contributed by atoms with van der Waals surface area (Å²) in [6, 6.07) is 21.4. The Morgan fingerprint density at radius 2 is 1.73 bits per heavy atom. The first-order valence-corrected chi connectivity index (χ1v) is 11.3. The van der Waals surface area contributed by atoms with Crippen LogP contribution in [-0.4, -0.2) is 9.97 Å². The SMILES string of the molecule is CC(C)(C)c1ccc(-c2cc(=NNc3nc4ccccc4[nH]3)c3cc(Cl)cc(Cl)c3o2)cc1. The molecule has 0 aliphatic rings. The van der Waals surface area contributed by atoms with Crippen molar-refractivity contribution in [3.05, 3.63) is 87.7 Å². The summed E-state index contributed by atoms with van der Waals surface area (Å²) in [5, 5.41) is 6.87. The van der Waals surface area contributed by atoms with Crippen LogP contribution in [0, 0.1) is 0 Å². The molecule has 2 N–H and O–H groups in total. The molecule has 0 saturated carbocycles. The summed E-state index contributed by atoms with van der Waals surface area (Å²) in [6.45, 7) is 6.56. The normalized spacial score (nSPS) is 12.6. The second kappa shape index (κ2) is 8.25. The van der Waals surface area contributed by atoms with Gasteiger partial charge in [-0.3, -0.25) is 0 Å². The summed E-state index contributed by atoms with van der Waals surface area (Å²) >= 11 is 12.8. The van der Waals surface area contributed by atoms with Crippen LogP contribution < -0.4 is 10.8 Å². The Balaban J connectivity index is 1.64. The van der Waals surface area contributed by atoms with Gasteiger partial charge in [-0.1, -0.05) is 80.4 Å². The maximum atomic E-state index is 6.49. The van der Waals surface area contributed by atoms with Gasteiger partial charge in [0.1, 0.15) is 5.76 Å². The van der Waals surface area contributed by atoms with E-state index in [9.17, 15) is 0 Å². The van der Waals surface area contributed by atoms with Crippen LogP contribution in [0.15, 0.2) is 76.2 Å². The zero-order valence-electron chi connectivity index (χ0n) is 18.4. The van der Waals surface area contributed by atoms with Gasteiger partial charge in [0.15, 0.2) is 5.58 Å². The highest BCUT2D eigenvalue weighted by Gasteiger charge is 2.15. The number of anilines is 1. The molecule has 0 radical (unpaired) electrons. The highest BCUT2D eigenvalue weighted by atomic mass is 35.5. The van der Waals surface area contributed by atoms with E-state index in [0.29, 0.717) is 38.1 Å². The predicted octanol–water partition coefficient (Wildman–Crippen LogP) is 7.51. The summed E-state index contributed by atoms with van der Waals surface area (Å²) in [5.74, 6) is 1.19. The van der Waals surface area contributed by atoms with Gasteiger partial charge in [0.25, 0.3) is 0 Å². The average molecular weight is 477 g/mol. The van der Waals surface area contributed by atoms with E-state index in [1.165, 1.54) is 5.56 Å². The van der Waals surface area contributed by atoms with Crippen LogP contribution >= 0.6 is 23.2 Å². The Labute approximate surface area is 201 Å². The van der Waals surface area contributed by atoms with Gasteiger partial charge in [-0.25, -0.2) is 10.4 Å². The lowest BCUT2D eigenvalue weighted by atomic mass is 9.86. The number of H-pyrrole nitrogens is 1. The second-order valence-corrected chi connectivity index (χ2v) is 9.76. The standard InChI is InChI=1S/C26H22Cl2N4O/c1-26(2,3)16-10-8-15(9-11-16)23-14-22(18-12-17(27)13-19(28)24(18)33-23)31-32-25-29-20-6-4-5-7-21(20)30-25/h4-14H,1-3H3,(H2,29,30,32). The zero-order chi connectivity index (χ0) is 23.2. The van der Waals surface area contributed by atoms with Crippen LogP contribution in [0.2, 0.25) is 10.0 Å². The Bertz CT molecular complexity index is 1510. The highest BCUT2D eigenvalue weighted by Crippen LogP contribution is 2.31. The summed E-state index contributed by atoms with van der Waals surface area (Å²) in [4.78, 5) is 7.73. The van der Waals surface area contributed by atoms with Gasteiger partial charge >= 0.3 is 0 Å². The van der Waals surface area contributed by atoms with E-state index in [4.69, 9.17) is 27.6 Å². The third kappa shape index (κ3) is 4.34. The molecular weight excluding hydrogens is 455 g/mol. The molecule has 5 aromatic rings. The molecule has 166 valence electrons. The largest absolute Gasteiger partial charge is 0.454 e. The van der Waals surface area contributed by atoms with E-state index in [0.717, 1.165) is 16.6 Å². The molecule has 7 heteroatoms. The van der Waals surface area contributed by atoms with Crippen LogP contribution in [0.3, 0.4) is 0 Å². The van der Waals surface area contributed by atoms with Gasteiger partial charge in [-0.15, -0.1) is 0 Å². The van der Waals surface area contributed by atoms with E-state index in [-0.39, 0.29) is 5.41 Å². The van der Waals surface area contributed by atoms with Gasteiger partial charge in [-0.05, 0) is 35.2 Å². The fourth-order valence-corrected chi connectivity index (χ4v) is 4.22. The Kier molecular flexibility index (Phi) is 5.39. The first kappa shape index (κ1) is 21.6. The van der Waals surface area contributed by atoms with Crippen molar-refractivity contribution >= 4 is 51.2 Å². The molecule has 5 nitrogen and oxygen atoms in total.